The van der Waals surface area contributed by atoms with Crippen molar-refractivity contribution in [1.29, 1.82) is 1.43 Å². The molecule has 1 amide bonds. The van der Waals surface area contributed by atoms with Gasteiger partial charge in [-0.05, 0) is 43.9 Å². The largest absolute Gasteiger partial charge is 0.478 e. The third kappa shape index (κ3) is 3.05. The fraction of sp³-hybridized carbons (Fsp3) is 0.429. The van der Waals surface area contributed by atoms with Crippen LogP contribution in [0.1, 0.15) is 58.6 Å². The van der Waals surface area contributed by atoms with E-state index in [1.165, 1.54) is 0 Å². The molecular weight excluding hydrogens is 246 g/mol. The second kappa shape index (κ2) is 4.57. The van der Waals surface area contributed by atoms with Crippen molar-refractivity contribution >= 4 is 12.1 Å². The number of fused-ring (bicyclic) bond motifs is 1. The Kier molecular flexibility index (Phi) is 1.08. The number of aromatic carboxylic acids is 1. The van der Waals surface area contributed by atoms with E-state index in [0.29, 0.717) is 6.92 Å². The van der Waals surface area contributed by atoms with E-state index >= 15 is 0 Å². The van der Waals surface area contributed by atoms with Gasteiger partial charge >= 0.3 is 12.1 Å². The summed E-state index contributed by atoms with van der Waals surface area (Å²) in [5.41, 5.74) is -5.77. The van der Waals surface area contributed by atoms with Gasteiger partial charge in [-0.3, -0.25) is 4.90 Å². The summed E-state index contributed by atoms with van der Waals surface area (Å²) in [4.78, 5) is 24.4. The first-order valence-corrected chi connectivity index (χ1v) is 4.98. The van der Waals surface area contributed by atoms with E-state index in [2.05, 4.69) is 5.11 Å². The lowest BCUT2D eigenvalue weighted by atomic mass is 10.1. The number of carbonyl (C=O) groups is 2. The second-order valence-corrected chi connectivity index (χ2v) is 3.82. The molecule has 5 nitrogen and oxygen atoms in total. The maximum Gasteiger partial charge on any atom is 0.410 e. The van der Waals surface area contributed by atoms with Gasteiger partial charge in [0.2, 0.25) is 0 Å². The average molecular weight is 276 g/mol. The van der Waals surface area contributed by atoms with E-state index in [4.69, 9.17) is 22.6 Å². The molecule has 1 aliphatic heterocycles. The smallest absolute Gasteiger partial charge is 0.410 e. The van der Waals surface area contributed by atoms with E-state index in [1.807, 2.05) is 0 Å². The second-order valence-electron chi connectivity index (χ2n) is 3.82. The molecule has 1 aromatic carbocycles. The number of benzene rings is 1. The topological polar surface area (TPSA) is 66.8 Å². The highest BCUT2D eigenvalue weighted by Gasteiger charge is 2.28. The Morgan fingerprint density at radius 2 is 2.37 bits per heavy atom. The van der Waals surface area contributed by atoms with Gasteiger partial charge in [0.25, 0.3) is 1.43 Å². The number of nitrogens with zero attached hydrogens (tertiary/aromatic N) is 1. The lowest BCUT2D eigenvalue weighted by Gasteiger charge is -2.24. The van der Waals surface area contributed by atoms with Crippen LogP contribution in [-0.4, -0.2) is 27.7 Å². The van der Waals surface area contributed by atoms with Crippen molar-refractivity contribution in [3.05, 3.63) is 34.8 Å². The molecule has 0 aliphatic carbocycles. The molecule has 0 spiro atoms. The highest BCUT2D eigenvalue weighted by Crippen LogP contribution is 2.25. The Balaban J connectivity index is 2.76. The van der Waals surface area contributed by atoms with Crippen molar-refractivity contribution in [3.63, 3.8) is 0 Å². The minimum absolute atomic E-state index is 0.262. The van der Waals surface area contributed by atoms with Gasteiger partial charge in [0, 0.05) is 19.8 Å². The lowest BCUT2D eigenvalue weighted by Crippen LogP contribution is -2.33. The van der Waals surface area contributed by atoms with Gasteiger partial charge in [-0.25, -0.2) is 9.59 Å². The van der Waals surface area contributed by atoms with Crippen LogP contribution in [0.5, 0.6) is 0 Å². The summed E-state index contributed by atoms with van der Waals surface area (Å²) in [6, 6.07) is -3.23. The Hall–Kier alpha value is -2.04. The molecule has 102 valence electrons. The molecule has 0 aromatic heterocycles. The molecule has 0 bridgehead atoms. The number of amides is 1. The molecule has 1 heterocycles. The molecular formula is C14H17NO4. The van der Waals surface area contributed by atoms with Crippen molar-refractivity contribution < 1.29 is 35.9 Å². The zero-order valence-electron chi connectivity index (χ0n) is 22.7. The molecule has 5 heteroatoms. The Bertz CT molecular complexity index is 977. The lowest BCUT2D eigenvalue weighted by molar-refractivity contribution is 0.0241. The van der Waals surface area contributed by atoms with Gasteiger partial charge in [-0.1, -0.05) is 6.04 Å². The summed E-state index contributed by atoms with van der Waals surface area (Å²) >= 11 is 0. The minimum Gasteiger partial charge on any atom is -0.478 e. The number of rotatable bonds is 1. The zero-order valence-corrected chi connectivity index (χ0v) is 9.66. The van der Waals surface area contributed by atoms with Crippen LogP contribution in [-0.2, 0) is 17.7 Å². The van der Waals surface area contributed by atoms with E-state index < -0.39 is 79.2 Å². The SMILES string of the molecule is [2H]OC(=O)c1c([2H])c([2H])c2c(c1[2H])C([2H])([2H])N(C(=O)OC(C)(C([2H])[2H])C([2H])([2H])[2H])C2([2H])[2H]. The van der Waals surface area contributed by atoms with Crippen LogP contribution in [0.15, 0.2) is 18.1 Å². The van der Waals surface area contributed by atoms with Crippen molar-refractivity contribution in [2.75, 3.05) is 0 Å². The molecule has 1 aromatic rings. The highest BCUT2D eigenvalue weighted by molar-refractivity contribution is 5.88. The van der Waals surface area contributed by atoms with Crippen molar-refractivity contribution in [2.24, 2.45) is 0 Å². The van der Waals surface area contributed by atoms with Crippen LogP contribution in [0.4, 0.5) is 4.79 Å². The molecule has 1 N–H and O–H groups in total. The average Bonchev–Trinajstić information content (AvgIpc) is 2.79. The van der Waals surface area contributed by atoms with Crippen LogP contribution >= 0.6 is 0 Å². The normalized spacial score (nSPS) is 32.5. The van der Waals surface area contributed by atoms with Gasteiger partial charge in [-0.15, -0.1) is 0 Å². The van der Waals surface area contributed by atoms with Gasteiger partial charge in [0.05, 0.1) is 15.2 Å². The standard InChI is InChI=1S/C14H17NO4/c1-14(2,3)19-13(18)15-7-10-5-4-9(12(16)17)6-11(10)8-15/h4-6H,7-8H2,1-3H3,(H,16,17)/i1D2,2D3,4D,5D,6D,7D2,8D2/hD. The Morgan fingerprint density at radius 1 is 1.58 bits per heavy atom. The molecule has 1 aliphatic rings. The predicted molar refractivity (Wildman–Crippen MR) is 68.9 cm³/mol. The number of carbonyl (C=O) groups excluding carboxylic acids is 1. The fourth-order valence-electron chi connectivity index (χ4n) is 1.25. The summed E-state index contributed by atoms with van der Waals surface area (Å²) in [5.74, 6) is -1.59. The molecule has 2 rings (SSSR count). The fourth-order valence-corrected chi connectivity index (χ4v) is 1.25. The van der Waals surface area contributed by atoms with Crippen LogP contribution < -0.4 is 0 Å². The molecule has 0 saturated heterocycles. The van der Waals surface area contributed by atoms with Crippen molar-refractivity contribution in [2.45, 2.75) is 39.2 Å². The van der Waals surface area contributed by atoms with E-state index in [9.17, 15) is 9.59 Å². The van der Waals surface area contributed by atoms with Gasteiger partial charge in [0.1, 0.15) is 5.60 Å². The van der Waals surface area contributed by atoms with Crippen LogP contribution in [0.3, 0.4) is 0 Å². The van der Waals surface area contributed by atoms with Crippen LogP contribution in [0, 0.1) is 0 Å². The van der Waals surface area contributed by atoms with Crippen LogP contribution in [0.25, 0.3) is 1.43 Å². The summed E-state index contributed by atoms with van der Waals surface area (Å²) in [6.45, 7) is -11.4. The molecule has 0 radical (unpaired) electrons. The maximum atomic E-state index is 12.8. The van der Waals surface area contributed by atoms with Gasteiger partial charge in [0.15, 0.2) is 0 Å². The number of carboxylic acids is 1. The molecule has 0 fully saturated rings. The number of hydrogen-bond donors (Lipinski definition) is 1. The van der Waals surface area contributed by atoms with E-state index in [0.717, 1.165) is 0 Å². The number of carboxylic acid groups (broad SMARTS) is 1. The summed E-state index contributed by atoms with van der Waals surface area (Å²) < 4.78 is 106. The van der Waals surface area contributed by atoms with Crippen LogP contribution in [0.2, 0.25) is 0 Å². The Morgan fingerprint density at radius 3 is 3.05 bits per heavy atom. The zero-order chi connectivity index (χ0) is 25.2. The Labute approximate surface area is 130 Å². The van der Waals surface area contributed by atoms with Gasteiger partial charge < -0.3 is 9.85 Å². The molecule has 0 saturated carbocycles. The van der Waals surface area contributed by atoms with E-state index in [1.54, 1.807) is 0 Å². The van der Waals surface area contributed by atoms with Crippen molar-refractivity contribution in [1.82, 2.24) is 4.90 Å². The first-order valence-electron chi connectivity index (χ1n) is 11.5. The summed E-state index contributed by atoms with van der Waals surface area (Å²) in [7, 11) is 0. The maximum absolute atomic E-state index is 12.8. The number of hydrogen-bond acceptors (Lipinski definition) is 4. The first-order chi connectivity index (χ1) is 14.3. The van der Waals surface area contributed by atoms with E-state index in [-0.39, 0.29) is 4.90 Å². The highest BCUT2D eigenvalue weighted by atomic mass is 16.6. The molecule has 1 unspecified atom stereocenters. The molecule has 1 atom stereocenters. The minimum atomic E-state index is -3.30. The predicted octanol–water partition coefficient (Wildman–Crippen LogP) is 2.64. The quantitative estimate of drug-likeness (QED) is 0.856. The first kappa shape index (κ1) is 4.51. The summed E-state index contributed by atoms with van der Waals surface area (Å²) in [5, 5.41) is 3.70. The molecule has 19 heavy (non-hydrogen) atoms. The number of ether oxygens (including phenoxy) is 1. The van der Waals surface area contributed by atoms with Gasteiger partial charge in [-0.2, -0.15) is 0 Å². The monoisotopic (exact) mass is 276 g/mol. The van der Waals surface area contributed by atoms with Crippen molar-refractivity contribution in [3.8, 4) is 0 Å². The third-order valence-electron chi connectivity index (χ3n) is 1.95. The summed E-state index contributed by atoms with van der Waals surface area (Å²) in [6.07, 6.45) is -1.95. The third-order valence-corrected chi connectivity index (χ3v) is 1.95.